The molecule has 0 bridgehead atoms. The maximum absolute atomic E-state index is 5.80. The van der Waals surface area contributed by atoms with Gasteiger partial charge >= 0.3 is 0 Å². The summed E-state index contributed by atoms with van der Waals surface area (Å²) in [5.41, 5.74) is 5.26. The molecule has 0 radical (unpaired) electrons. The van der Waals surface area contributed by atoms with Crippen molar-refractivity contribution in [2.45, 2.75) is 31.6 Å². The van der Waals surface area contributed by atoms with Gasteiger partial charge in [-0.25, -0.2) is 0 Å². The Hall–Kier alpha value is 0.170. The number of hydrogen-bond acceptors (Lipinski definition) is 3. The minimum Gasteiger partial charge on any atom is -0.379 e. The molecule has 0 saturated heterocycles. The highest BCUT2D eigenvalue weighted by Gasteiger charge is 1.95. The van der Waals surface area contributed by atoms with Crippen LogP contribution in [0.2, 0.25) is 0 Å². The first-order valence-electron chi connectivity index (χ1n) is 5.27. The van der Waals surface area contributed by atoms with E-state index in [1.54, 1.807) is 0 Å². The quantitative estimate of drug-likeness (QED) is 0.454. The normalized spacial score (nSPS) is 13.1. The van der Waals surface area contributed by atoms with Crippen LogP contribution in [-0.2, 0) is 9.47 Å². The predicted octanol–water partition coefficient (Wildman–Crippen LogP) is 1.78. The van der Waals surface area contributed by atoms with Gasteiger partial charge in [-0.1, -0.05) is 0 Å². The lowest BCUT2D eigenvalue weighted by atomic mass is 10.2. The molecule has 0 aliphatic rings. The van der Waals surface area contributed by atoms with E-state index in [2.05, 4.69) is 0 Å². The maximum Gasteiger partial charge on any atom is 0.0701 e. The first kappa shape index (κ1) is 14.2. The van der Waals surface area contributed by atoms with E-state index in [1.165, 1.54) is 0 Å². The second-order valence-electron chi connectivity index (χ2n) is 3.29. The Kier molecular flexibility index (Phi) is 11.4. The van der Waals surface area contributed by atoms with E-state index in [9.17, 15) is 0 Å². The first-order chi connectivity index (χ1) is 6.77. The number of unbranched alkanes of at least 4 members (excludes halogenated alkanes) is 1. The molecule has 2 N–H and O–H groups in total. The van der Waals surface area contributed by atoms with E-state index < -0.39 is 0 Å². The smallest absolute Gasteiger partial charge is 0.0701 e. The van der Waals surface area contributed by atoms with Gasteiger partial charge in [-0.2, -0.15) is 0 Å². The number of halogens is 1. The van der Waals surface area contributed by atoms with Crippen molar-refractivity contribution < 1.29 is 9.47 Å². The third-order valence-electron chi connectivity index (χ3n) is 1.77. The molecule has 86 valence electrons. The molecule has 0 saturated carbocycles. The Morgan fingerprint density at radius 1 is 1.07 bits per heavy atom. The Morgan fingerprint density at radius 3 is 2.29 bits per heavy atom. The summed E-state index contributed by atoms with van der Waals surface area (Å²) in [5.74, 6) is 0. The van der Waals surface area contributed by atoms with Gasteiger partial charge in [0.2, 0.25) is 0 Å². The maximum atomic E-state index is 5.80. The van der Waals surface area contributed by atoms with Crippen LogP contribution < -0.4 is 5.73 Å². The van der Waals surface area contributed by atoms with E-state index in [1.807, 2.05) is 6.92 Å². The molecular formula is C10H22ClNO2. The monoisotopic (exact) mass is 223 g/mol. The third-order valence-corrected chi connectivity index (χ3v) is 1.99. The zero-order valence-corrected chi connectivity index (χ0v) is 9.76. The molecule has 0 rings (SSSR count). The average Bonchev–Trinajstić information content (AvgIpc) is 2.15. The van der Waals surface area contributed by atoms with Crippen molar-refractivity contribution in [2.75, 3.05) is 33.0 Å². The predicted molar refractivity (Wildman–Crippen MR) is 59.9 cm³/mol. The van der Waals surface area contributed by atoms with E-state index in [4.69, 9.17) is 26.8 Å². The highest BCUT2D eigenvalue weighted by molar-refractivity contribution is 6.20. The van der Waals surface area contributed by atoms with Gasteiger partial charge in [0.05, 0.1) is 19.8 Å². The topological polar surface area (TPSA) is 44.5 Å². The highest BCUT2D eigenvalue weighted by Crippen LogP contribution is 2.05. The summed E-state index contributed by atoms with van der Waals surface area (Å²) in [5, 5.41) is 0.280. The largest absolute Gasteiger partial charge is 0.379 e. The van der Waals surface area contributed by atoms with Crippen LogP contribution in [0, 0.1) is 0 Å². The van der Waals surface area contributed by atoms with Crippen molar-refractivity contribution in [1.29, 1.82) is 0 Å². The Morgan fingerprint density at radius 2 is 1.71 bits per heavy atom. The lowest BCUT2D eigenvalue weighted by Gasteiger charge is -2.05. The highest BCUT2D eigenvalue weighted by atomic mass is 35.5. The molecule has 0 amide bonds. The number of nitrogens with two attached hydrogens (primary N) is 1. The molecule has 0 aromatic heterocycles. The summed E-state index contributed by atoms with van der Waals surface area (Å²) in [7, 11) is 0. The lowest BCUT2D eigenvalue weighted by molar-refractivity contribution is 0.0492. The second kappa shape index (κ2) is 11.2. The first-order valence-corrected chi connectivity index (χ1v) is 5.70. The van der Waals surface area contributed by atoms with E-state index in [-0.39, 0.29) is 5.38 Å². The van der Waals surface area contributed by atoms with Crippen LogP contribution in [0.1, 0.15) is 26.2 Å². The molecular weight excluding hydrogens is 202 g/mol. The van der Waals surface area contributed by atoms with Gasteiger partial charge in [0.15, 0.2) is 0 Å². The van der Waals surface area contributed by atoms with Gasteiger partial charge in [0, 0.05) is 18.5 Å². The van der Waals surface area contributed by atoms with Gasteiger partial charge in [-0.3, -0.25) is 0 Å². The second-order valence-corrected chi connectivity index (χ2v) is 4.04. The summed E-state index contributed by atoms with van der Waals surface area (Å²) in [4.78, 5) is 0. The van der Waals surface area contributed by atoms with E-state index in [0.29, 0.717) is 26.4 Å². The van der Waals surface area contributed by atoms with Crippen molar-refractivity contribution in [1.82, 2.24) is 0 Å². The number of alkyl halides is 1. The van der Waals surface area contributed by atoms with Crippen molar-refractivity contribution in [3.63, 3.8) is 0 Å². The molecule has 0 aliphatic carbocycles. The molecule has 0 aliphatic heterocycles. The van der Waals surface area contributed by atoms with Crippen molar-refractivity contribution in [3.8, 4) is 0 Å². The van der Waals surface area contributed by atoms with Crippen LogP contribution in [-0.4, -0.2) is 38.3 Å². The van der Waals surface area contributed by atoms with Gasteiger partial charge in [-0.05, 0) is 26.2 Å². The van der Waals surface area contributed by atoms with E-state index in [0.717, 1.165) is 25.9 Å². The summed E-state index contributed by atoms with van der Waals surface area (Å²) >= 11 is 5.80. The lowest BCUT2D eigenvalue weighted by Crippen LogP contribution is -2.12. The SMILES string of the molecule is CC(Cl)CCCCOCCOCCN. The minimum atomic E-state index is 0.280. The van der Waals surface area contributed by atoms with Crippen molar-refractivity contribution in [3.05, 3.63) is 0 Å². The fraction of sp³-hybridized carbons (Fsp3) is 1.00. The molecule has 0 spiro atoms. The van der Waals surface area contributed by atoms with Crippen LogP contribution in [0.3, 0.4) is 0 Å². The molecule has 3 nitrogen and oxygen atoms in total. The molecule has 0 fully saturated rings. The van der Waals surface area contributed by atoms with Crippen LogP contribution >= 0.6 is 11.6 Å². The summed E-state index contributed by atoms with van der Waals surface area (Å²) in [6.07, 6.45) is 3.27. The fourth-order valence-electron chi connectivity index (χ4n) is 1.04. The molecule has 1 atom stereocenters. The fourth-order valence-corrected chi connectivity index (χ4v) is 1.19. The van der Waals surface area contributed by atoms with Crippen molar-refractivity contribution in [2.24, 2.45) is 5.73 Å². The summed E-state index contributed by atoms with van der Waals surface area (Å²) < 4.78 is 10.5. The van der Waals surface area contributed by atoms with Crippen LogP contribution in [0.4, 0.5) is 0 Å². The zero-order valence-electron chi connectivity index (χ0n) is 9.01. The Bertz CT molecular complexity index is 112. The molecule has 1 unspecified atom stereocenters. The van der Waals surface area contributed by atoms with E-state index >= 15 is 0 Å². The van der Waals surface area contributed by atoms with Gasteiger partial charge in [0.25, 0.3) is 0 Å². The third kappa shape index (κ3) is 12.2. The van der Waals surface area contributed by atoms with Crippen LogP contribution in [0.5, 0.6) is 0 Å². The molecule has 0 heterocycles. The van der Waals surface area contributed by atoms with Gasteiger partial charge in [0.1, 0.15) is 0 Å². The molecule has 14 heavy (non-hydrogen) atoms. The summed E-state index contributed by atoms with van der Waals surface area (Å²) in [6, 6.07) is 0. The minimum absolute atomic E-state index is 0.280. The standard InChI is InChI=1S/C10H22ClNO2/c1-10(11)4-2-3-6-13-8-9-14-7-5-12/h10H,2-9,12H2,1H3. The number of ether oxygens (including phenoxy) is 2. The molecule has 4 heteroatoms. The molecule has 0 aromatic carbocycles. The number of hydrogen-bond donors (Lipinski definition) is 1. The Labute approximate surface area is 91.9 Å². The van der Waals surface area contributed by atoms with Gasteiger partial charge in [-0.15, -0.1) is 11.6 Å². The summed E-state index contributed by atoms with van der Waals surface area (Å²) in [6.45, 7) is 5.32. The Balaban J connectivity index is 2.85. The number of rotatable bonds is 10. The van der Waals surface area contributed by atoms with Crippen LogP contribution in [0.25, 0.3) is 0 Å². The van der Waals surface area contributed by atoms with Gasteiger partial charge < -0.3 is 15.2 Å². The van der Waals surface area contributed by atoms with Crippen LogP contribution in [0.15, 0.2) is 0 Å². The molecule has 0 aromatic rings. The average molecular weight is 224 g/mol. The van der Waals surface area contributed by atoms with Crippen molar-refractivity contribution >= 4 is 11.6 Å². The zero-order chi connectivity index (χ0) is 10.6.